The van der Waals surface area contributed by atoms with Crippen molar-refractivity contribution in [2.75, 3.05) is 11.0 Å². The molecular formula is C14H13F2NO4S2. The van der Waals surface area contributed by atoms with Gasteiger partial charge in [0.2, 0.25) is 0 Å². The molecule has 0 fully saturated rings. The lowest BCUT2D eigenvalue weighted by molar-refractivity contribution is 0.572. The number of aryl methyl sites for hydroxylation is 1. The van der Waals surface area contributed by atoms with Crippen LogP contribution >= 0.6 is 0 Å². The van der Waals surface area contributed by atoms with Crippen LogP contribution in [0.2, 0.25) is 0 Å². The van der Waals surface area contributed by atoms with Gasteiger partial charge in [0.25, 0.3) is 10.0 Å². The molecule has 0 aliphatic rings. The molecule has 0 radical (unpaired) electrons. The van der Waals surface area contributed by atoms with E-state index in [9.17, 15) is 25.6 Å². The quantitative estimate of drug-likeness (QED) is 0.907. The summed E-state index contributed by atoms with van der Waals surface area (Å²) in [5.74, 6) is -2.64. The van der Waals surface area contributed by atoms with Gasteiger partial charge in [-0.05, 0) is 31.2 Å². The minimum Gasteiger partial charge on any atom is -0.274 e. The Morgan fingerprint density at radius 3 is 1.78 bits per heavy atom. The van der Waals surface area contributed by atoms with Crippen molar-refractivity contribution in [1.82, 2.24) is 0 Å². The lowest BCUT2D eigenvalue weighted by Crippen LogP contribution is -2.15. The van der Waals surface area contributed by atoms with Gasteiger partial charge < -0.3 is 0 Å². The highest BCUT2D eigenvalue weighted by molar-refractivity contribution is 7.92. The number of halogens is 2. The molecule has 0 bridgehead atoms. The van der Waals surface area contributed by atoms with Crippen LogP contribution in [0.4, 0.5) is 14.5 Å². The zero-order chi connectivity index (χ0) is 17.4. The van der Waals surface area contributed by atoms with Gasteiger partial charge >= 0.3 is 0 Å². The minimum atomic E-state index is -4.20. The average Bonchev–Trinajstić information content (AvgIpc) is 2.42. The maximum Gasteiger partial charge on any atom is 0.262 e. The summed E-state index contributed by atoms with van der Waals surface area (Å²) in [6, 6.07) is 6.77. The van der Waals surface area contributed by atoms with Gasteiger partial charge in [0.15, 0.2) is 21.5 Å². The number of hydrogen-bond donors (Lipinski definition) is 1. The highest BCUT2D eigenvalue weighted by atomic mass is 32.2. The van der Waals surface area contributed by atoms with Gasteiger partial charge in [-0.15, -0.1) is 0 Å². The Labute approximate surface area is 132 Å². The summed E-state index contributed by atoms with van der Waals surface area (Å²) in [5, 5.41) is 0. The molecule has 23 heavy (non-hydrogen) atoms. The Morgan fingerprint density at radius 1 is 0.870 bits per heavy atom. The van der Waals surface area contributed by atoms with Gasteiger partial charge in [0.1, 0.15) is 5.69 Å². The number of nitrogens with one attached hydrogen (secondary N) is 1. The van der Waals surface area contributed by atoms with E-state index in [1.54, 1.807) is 11.6 Å². The summed E-state index contributed by atoms with van der Waals surface area (Å²) in [6.45, 7) is 1.76. The molecule has 9 heteroatoms. The SMILES string of the molecule is Cc1ccc(S(=O)(=O)Nc2c(F)cc(S(C)(=O)=O)cc2F)cc1. The van der Waals surface area contributed by atoms with Crippen molar-refractivity contribution in [2.45, 2.75) is 16.7 Å². The molecular weight excluding hydrogens is 348 g/mol. The number of rotatable bonds is 4. The van der Waals surface area contributed by atoms with Crippen molar-refractivity contribution in [2.24, 2.45) is 0 Å². The van der Waals surface area contributed by atoms with E-state index in [2.05, 4.69) is 0 Å². The van der Waals surface area contributed by atoms with Crippen molar-refractivity contribution >= 4 is 25.5 Å². The maximum atomic E-state index is 13.9. The normalized spacial score (nSPS) is 12.2. The molecule has 0 aromatic heterocycles. The van der Waals surface area contributed by atoms with Crippen LogP contribution in [0.3, 0.4) is 0 Å². The van der Waals surface area contributed by atoms with Gasteiger partial charge in [0, 0.05) is 6.26 Å². The van der Waals surface area contributed by atoms with E-state index in [1.807, 2.05) is 0 Å². The third-order valence-corrected chi connectivity index (χ3v) is 5.47. The van der Waals surface area contributed by atoms with Gasteiger partial charge in [-0.2, -0.15) is 0 Å². The lowest BCUT2D eigenvalue weighted by Gasteiger charge is -2.11. The number of benzene rings is 2. The summed E-state index contributed by atoms with van der Waals surface area (Å²) < 4.78 is 76.5. The lowest BCUT2D eigenvalue weighted by atomic mass is 10.2. The minimum absolute atomic E-state index is 0.172. The van der Waals surface area contributed by atoms with Crippen molar-refractivity contribution in [3.05, 3.63) is 53.6 Å². The molecule has 5 nitrogen and oxygen atoms in total. The van der Waals surface area contributed by atoms with Crippen LogP contribution in [0.1, 0.15) is 5.56 Å². The van der Waals surface area contributed by atoms with Crippen LogP contribution < -0.4 is 4.72 Å². The van der Waals surface area contributed by atoms with Crippen LogP contribution in [-0.4, -0.2) is 23.1 Å². The van der Waals surface area contributed by atoms with Gasteiger partial charge in [-0.3, -0.25) is 4.72 Å². The molecule has 2 rings (SSSR count). The van der Waals surface area contributed by atoms with Crippen molar-refractivity contribution in [3.63, 3.8) is 0 Å². The highest BCUT2D eigenvalue weighted by Crippen LogP contribution is 2.26. The Balaban J connectivity index is 2.46. The molecule has 2 aromatic rings. The van der Waals surface area contributed by atoms with E-state index in [0.717, 1.165) is 11.8 Å². The smallest absolute Gasteiger partial charge is 0.262 e. The van der Waals surface area contributed by atoms with E-state index in [0.29, 0.717) is 12.1 Å². The fourth-order valence-corrected chi connectivity index (χ4v) is 3.48. The molecule has 0 unspecified atom stereocenters. The van der Waals surface area contributed by atoms with E-state index < -0.39 is 42.1 Å². The summed E-state index contributed by atoms with van der Waals surface area (Å²) >= 11 is 0. The zero-order valence-corrected chi connectivity index (χ0v) is 13.8. The molecule has 0 spiro atoms. The summed E-state index contributed by atoms with van der Waals surface area (Å²) in [6.07, 6.45) is 0.789. The van der Waals surface area contributed by atoms with Crippen molar-refractivity contribution in [1.29, 1.82) is 0 Å². The van der Waals surface area contributed by atoms with Gasteiger partial charge in [0.05, 0.1) is 9.79 Å². The Hall–Kier alpha value is -2.00. The molecule has 0 heterocycles. The van der Waals surface area contributed by atoms with Crippen LogP contribution in [0.25, 0.3) is 0 Å². The van der Waals surface area contributed by atoms with Crippen LogP contribution in [0.15, 0.2) is 46.2 Å². The number of sulfone groups is 1. The molecule has 0 aliphatic heterocycles. The predicted octanol–water partition coefficient (Wildman–Crippen LogP) is 2.48. The molecule has 0 aliphatic carbocycles. The maximum absolute atomic E-state index is 13.9. The summed E-state index contributed by atoms with van der Waals surface area (Å²) in [5.41, 5.74) is -0.114. The van der Waals surface area contributed by atoms with E-state index in [1.165, 1.54) is 24.3 Å². The van der Waals surface area contributed by atoms with Gasteiger partial charge in [-0.1, -0.05) is 17.7 Å². The van der Waals surface area contributed by atoms with E-state index >= 15 is 0 Å². The number of anilines is 1. The van der Waals surface area contributed by atoms with Crippen LogP contribution in [-0.2, 0) is 19.9 Å². The largest absolute Gasteiger partial charge is 0.274 e. The molecule has 0 saturated carbocycles. The molecule has 1 N–H and O–H groups in total. The second-order valence-electron chi connectivity index (χ2n) is 4.95. The van der Waals surface area contributed by atoms with E-state index in [-0.39, 0.29) is 4.90 Å². The van der Waals surface area contributed by atoms with Crippen molar-refractivity contribution < 1.29 is 25.6 Å². The first-order valence-electron chi connectivity index (χ1n) is 6.29. The summed E-state index contributed by atoms with van der Waals surface area (Å²) in [7, 11) is -8.03. The first kappa shape index (κ1) is 17.4. The standard InChI is InChI=1S/C14H13F2NO4S2/c1-9-3-5-10(6-4-9)23(20,21)17-14-12(15)7-11(8-13(14)16)22(2,18)19/h3-8,17H,1-2H3. The van der Waals surface area contributed by atoms with Gasteiger partial charge in [-0.25, -0.2) is 25.6 Å². The zero-order valence-electron chi connectivity index (χ0n) is 12.2. The third kappa shape index (κ3) is 3.85. The molecule has 0 atom stereocenters. The first-order valence-corrected chi connectivity index (χ1v) is 9.67. The van der Waals surface area contributed by atoms with Crippen LogP contribution in [0.5, 0.6) is 0 Å². The summed E-state index contributed by atoms with van der Waals surface area (Å²) in [4.78, 5) is -0.750. The van der Waals surface area contributed by atoms with Crippen molar-refractivity contribution in [3.8, 4) is 0 Å². The molecule has 124 valence electrons. The monoisotopic (exact) mass is 361 g/mol. The predicted molar refractivity (Wildman–Crippen MR) is 81.5 cm³/mol. The Bertz CT molecular complexity index is 930. The van der Waals surface area contributed by atoms with Crippen LogP contribution in [0, 0.1) is 18.6 Å². The third-order valence-electron chi connectivity index (χ3n) is 3.01. The second kappa shape index (κ2) is 5.89. The molecule has 2 aromatic carbocycles. The topological polar surface area (TPSA) is 80.3 Å². The number of sulfonamides is 1. The average molecular weight is 361 g/mol. The Morgan fingerprint density at radius 2 is 1.35 bits per heavy atom. The Kier molecular flexibility index (Phi) is 4.45. The molecule has 0 amide bonds. The number of hydrogen-bond acceptors (Lipinski definition) is 4. The fourth-order valence-electron chi connectivity index (χ4n) is 1.77. The van der Waals surface area contributed by atoms with E-state index in [4.69, 9.17) is 0 Å². The highest BCUT2D eigenvalue weighted by Gasteiger charge is 2.22. The second-order valence-corrected chi connectivity index (χ2v) is 8.65. The first-order chi connectivity index (χ1) is 10.5. The molecule has 0 saturated heterocycles. The fraction of sp³-hybridized carbons (Fsp3) is 0.143.